The molecule has 0 spiro atoms. The lowest BCUT2D eigenvalue weighted by atomic mass is 10.00. The van der Waals surface area contributed by atoms with Crippen molar-refractivity contribution in [3.8, 4) is 0 Å². The number of nitrogens with two attached hydrogens (primary N) is 1. The van der Waals surface area contributed by atoms with E-state index in [1.54, 1.807) is 0 Å². The molecule has 2 heteroatoms. The second-order valence-electron chi connectivity index (χ2n) is 4.03. The maximum atomic E-state index is 5.79. The molecule has 2 N–H and O–H groups in total. The van der Waals surface area contributed by atoms with Crippen molar-refractivity contribution in [2.24, 2.45) is 5.73 Å². The molecular weight excluding hydrogens is 172 g/mol. The molecule has 0 saturated carbocycles. The Balaban J connectivity index is 2.42. The summed E-state index contributed by atoms with van der Waals surface area (Å²) in [6.45, 7) is 7.26. The van der Waals surface area contributed by atoms with Gasteiger partial charge in [0, 0.05) is 31.2 Å². The molecule has 0 saturated heterocycles. The second-order valence-corrected chi connectivity index (χ2v) is 4.03. The Bertz CT molecular complexity index is 333. The van der Waals surface area contributed by atoms with E-state index in [0.29, 0.717) is 5.92 Å². The van der Waals surface area contributed by atoms with Crippen molar-refractivity contribution in [2.45, 2.75) is 19.8 Å². The van der Waals surface area contributed by atoms with Gasteiger partial charge in [0.2, 0.25) is 0 Å². The van der Waals surface area contributed by atoms with Gasteiger partial charge in [0.05, 0.1) is 0 Å². The Kier molecular flexibility index (Phi) is 2.46. The van der Waals surface area contributed by atoms with Crippen molar-refractivity contribution in [1.82, 2.24) is 0 Å². The standard InChI is InChI=1S/C12H18N2/c1-3-14-8-10(7-13)11-6-9(2)4-5-12(11)14/h4-6,10H,3,7-8,13H2,1-2H3. The average molecular weight is 190 g/mol. The van der Waals surface area contributed by atoms with Gasteiger partial charge >= 0.3 is 0 Å². The van der Waals surface area contributed by atoms with Gasteiger partial charge in [0.15, 0.2) is 0 Å². The smallest absolute Gasteiger partial charge is 0.0403 e. The number of hydrogen-bond donors (Lipinski definition) is 1. The first-order chi connectivity index (χ1) is 6.76. The number of hydrogen-bond acceptors (Lipinski definition) is 2. The minimum absolute atomic E-state index is 0.532. The zero-order chi connectivity index (χ0) is 10.1. The zero-order valence-corrected chi connectivity index (χ0v) is 8.96. The number of nitrogens with zero attached hydrogens (tertiary/aromatic N) is 1. The molecule has 1 unspecified atom stereocenters. The minimum atomic E-state index is 0.532. The van der Waals surface area contributed by atoms with Crippen LogP contribution < -0.4 is 10.6 Å². The lowest BCUT2D eigenvalue weighted by molar-refractivity contribution is 0.710. The van der Waals surface area contributed by atoms with Gasteiger partial charge < -0.3 is 10.6 Å². The first-order valence-corrected chi connectivity index (χ1v) is 5.31. The van der Waals surface area contributed by atoms with Gasteiger partial charge in [-0.15, -0.1) is 0 Å². The van der Waals surface area contributed by atoms with Gasteiger partial charge in [-0.1, -0.05) is 17.7 Å². The first-order valence-electron chi connectivity index (χ1n) is 5.31. The maximum Gasteiger partial charge on any atom is 0.0403 e. The SMILES string of the molecule is CCN1CC(CN)c2cc(C)ccc21. The largest absolute Gasteiger partial charge is 0.371 e. The Labute approximate surface area is 85.7 Å². The van der Waals surface area contributed by atoms with Gasteiger partial charge in [0.1, 0.15) is 0 Å². The summed E-state index contributed by atoms with van der Waals surface area (Å²) in [5, 5.41) is 0. The number of anilines is 1. The number of benzene rings is 1. The third kappa shape index (κ3) is 1.40. The van der Waals surface area contributed by atoms with Crippen LogP contribution in [0.3, 0.4) is 0 Å². The van der Waals surface area contributed by atoms with E-state index in [0.717, 1.165) is 19.6 Å². The molecule has 1 aromatic carbocycles. The van der Waals surface area contributed by atoms with Crippen LogP contribution >= 0.6 is 0 Å². The molecule has 0 fully saturated rings. The van der Waals surface area contributed by atoms with Crippen LogP contribution in [-0.2, 0) is 0 Å². The Morgan fingerprint density at radius 3 is 2.93 bits per heavy atom. The third-order valence-corrected chi connectivity index (χ3v) is 3.07. The lowest BCUT2D eigenvalue weighted by Crippen LogP contribution is -2.23. The predicted molar refractivity (Wildman–Crippen MR) is 60.9 cm³/mol. The molecule has 1 aliphatic rings. The molecule has 76 valence electrons. The minimum Gasteiger partial charge on any atom is -0.371 e. The Hall–Kier alpha value is -1.02. The monoisotopic (exact) mass is 190 g/mol. The highest BCUT2D eigenvalue weighted by Gasteiger charge is 2.26. The molecule has 2 rings (SSSR count). The van der Waals surface area contributed by atoms with Crippen LogP contribution in [0, 0.1) is 6.92 Å². The van der Waals surface area contributed by atoms with Crippen molar-refractivity contribution in [3.63, 3.8) is 0 Å². The fraction of sp³-hybridized carbons (Fsp3) is 0.500. The van der Waals surface area contributed by atoms with E-state index in [2.05, 4.69) is 36.9 Å². The lowest BCUT2D eigenvalue weighted by Gasteiger charge is -2.16. The molecule has 1 heterocycles. The van der Waals surface area contributed by atoms with E-state index in [1.165, 1.54) is 16.8 Å². The van der Waals surface area contributed by atoms with E-state index >= 15 is 0 Å². The van der Waals surface area contributed by atoms with Crippen LogP contribution in [0.2, 0.25) is 0 Å². The molecule has 2 nitrogen and oxygen atoms in total. The molecule has 14 heavy (non-hydrogen) atoms. The van der Waals surface area contributed by atoms with Crippen LogP contribution in [-0.4, -0.2) is 19.6 Å². The summed E-state index contributed by atoms with van der Waals surface area (Å²) in [6.07, 6.45) is 0. The van der Waals surface area contributed by atoms with Crippen molar-refractivity contribution in [2.75, 3.05) is 24.5 Å². The molecule has 0 amide bonds. The number of likely N-dealkylation sites (N-methyl/N-ethyl adjacent to an activating group) is 1. The third-order valence-electron chi connectivity index (χ3n) is 3.07. The maximum absolute atomic E-state index is 5.79. The van der Waals surface area contributed by atoms with E-state index in [-0.39, 0.29) is 0 Å². The van der Waals surface area contributed by atoms with Crippen LogP contribution in [0.25, 0.3) is 0 Å². The highest BCUT2D eigenvalue weighted by Crippen LogP contribution is 2.35. The van der Waals surface area contributed by atoms with E-state index in [9.17, 15) is 0 Å². The summed E-state index contributed by atoms with van der Waals surface area (Å²) >= 11 is 0. The highest BCUT2D eigenvalue weighted by molar-refractivity contribution is 5.61. The second kappa shape index (κ2) is 3.62. The van der Waals surface area contributed by atoms with Gasteiger partial charge in [0.25, 0.3) is 0 Å². The summed E-state index contributed by atoms with van der Waals surface area (Å²) in [7, 11) is 0. The van der Waals surface area contributed by atoms with Crippen molar-refractivity contribution >= 4 is 5.69 Å². The van der Waals surface area contributed by atoms with Gasteiger partial charge in [-0.2, -0.15) is 0 Å². The Morgan fingerprint density at radius 2 is 2.29 bits per heavy atom. The molecule has 0 radical (unpaired) electrons. The quantitative estimate of drug-likeness (QED) is 0.771. The van der Waals surface area contributed by atoms with Crippen molar-refractivity contribution in [1.29, 1.82) is 0 Å². The van der Waals surface area contributed by atoms with Crippen LogP contribution in [0.15, 0.2) is 18.2 Å². The van der Waals surface area contributed by atoms with Crippen LogP contribution in [0.5, 0.6) is 0 Å². The normalized spacial score (nSPS) is 19.9. The zero-order valence-electron chi connectivity index (χ0n) is 8.96. The molecular formula is C12H18N2. The highest BCUT2D eigenvalue weighted by atomic mass is 15.1. The summed E-state index contributed by atoms with van der Waals surface area (Å²) in [5.74, 6) is 0.532. The fourth-order valence-corrected chi connectivity index (χ4v) is 2.25. The summed E-state index contributed by atoms with van der Waals surface area (Å²) in [5.41, 5.74) is 9.94. The van der Waals surface area contributed by atoms with Crippen molar-refractivity contribution in [3.05, 3.63) is 29.3 Å². The van der Waals surface area contributed by atoms with Crippen LogP contribution in [0.1, 0.15) is 24.0 Å². The molecule has 1 aliphatic heterocycles. The summed E-state index contributed by atoms with van der Waals surface area (Å²) in [4.78, 5) is 2.41. The van der Waals surface area contributed by atoms with E-state index in [1.807, 2.05) is 0 Å². The van der Waals surface area contributed by atoms with Gasteiger partial charge in [-0.05, 0) is 25.5 Å². The molecule has 1 aromatic rings. The summed E-state index contributed by atoms with van der Waals surface area (Å²) in [6, 6.07) is 6.69. The van der Waals surface area contributed by atoms with Crippen molar-refractivity contribution < 1.29 is 0 Å². The van der Waals surface area contributed by atoms with Gasteiger partial charge in [-0.3, -0.25) is 0 Å². The predicted octanol–water partition coefficient (Wildman–Crippen LogP) is 1.88. The topological polar surface area (TPSA) is 29.3 Å². The van der Waals surface area contributed by atoms with E-state index < -0.39 is 0 Å². The molecule has 0 aliphatic carbocycles. The number of aryl methyl sites for hydroxylation is 1. The van der Waals surface area contributed by atoms with Gasteiger partial charge in [-0.25, -0.2) is 0 Å². The first kappa shape index (κ1) is 9.53. The molecule has 1 atom stereocenters. The molecule has 0 aromatic heterocycles. The fourth-order valence-electron chi connectivity index (χ4n) is 2.25. The summed E-state index contributed by atoms with van der Waals surface area (Å²) < 4.78 is 0. The number of rotatable bonds is 2. The van der Waals surface area contributed by atoms with E-state index in [4.69, 9.17) is 5.73 Å². The van der Waals surface area contributed by atoms with Crippen LogP contribution in [0.4, 0.5) is 5.69 Å². The Morgan fingerprint density at radius 1 is 1.50 bits per heavy atom. The average Bonchev–Trinajstić information content (AvgIpc) is 2.55. The molecule has 0 bridgehead atoms. The number of fused-ring (bicyclic) bond motifs is 1.